The number of halogens is 1. The van der Waals surface area contributed by atoms with Gasteiger partial charge in [-0.05, 0) is 31.4 Å². The van der Waals surface area contributed by atoms with Gasteiger partial charge in [-0.3, -0.25) is 4.79 Å². The Kier molecular flexibility index (Phi) is 4.87. The monoisotopic (exact) mass is 422 g/mol. The van der Waals surface area contributed by atoms with Gasteiger partial charge in [0.15, 0.2) is 0 Å². The standard InChI is InChI=1S/C16H15BrN4O3S/c1-3-24-16(23)13-14(18)21(20-15(13)25-2)11-7-12(22)19-10-5-4-8(17)6-9(10)11/h4-7H,3,18H2,1-2H3,(H,19,22). The lowest BCUT2D eigenvalue weighted by Gasteiger charge is -2.09. The number of pyridine rings is 1. The molecule has 0 aliphatic rings. The minimum Gasteiger partial charge on any atom is -0.462 e. The van der Waals surface area contributed by atoms with Gasteiger partial charge in [0.25, 0.3) is 5.56 Å². The first kappa shape index (κ1) is 17.6. The number of benzene rings is 1. The van der Waals surface area contributed by atoms with E-state index in [1.54, 1.807) is 19.2 Å². The summed E-state index contributed by atoms with van der Waals surface area (Å²) in [5.74, 6) is -0.402. The van der Waals surface area contributed by atoms with E-state index in [1.165, 1.54) is 22.5 Å². The summed E-state index contributed by atoms with van der Waals surface area (Å²) in [4.78, 5) is 27.0. The molecule has 25 heavy (non-hydrogen) atoms. The Labute approximate surface area is 155 Å². The lowest BCUT2D eigenvalue weighted by Crippen LogP contribution is -2.12. The Hall–Kier alpha value is -2.26. The third-order valence-corrected chi connectivity index (χ3v) is 4.74. The maximum Gasteiger partial charge on any atom is 0.344 e. The molecule has 0 radical (unpaired) electrons. The van der Waals surface area contributed by atoms with Gasteiger partial charge in [0.2, 0.25) is 0 Å². The molecule has 0 spiro atoms. The van der Waals surface area contributed by atoms with Crippen LogP contribution in [0.4, 0.5) is 5.82 Å². The lowest BCUT2D eigenvalue weighted by molar-refractivity contribution is 0.0523. The normalized spacial score (nSPS) is 11.0. The van der Waals surface area contributed by atoms with Crippen molar-refractivity contribution in [2.24, 2.45) is 0 Å². The number of ether oxygens (including phenoxy) is 1. The maximum atomic E-state index is 12.2. The molecule has 3 aromatic rings. The summed E-state index contributed by atoms with van der Waals surface area (Å²) in [5, 5.41) is 5.59. The highest BCUT2D eigenvalue weighted by Crippen LogP contribution is 2.30. The smallest absolute Gasteiger partial charge is 0.344 e. The summed E-state index contributed by atoms with van der Waals surface area (Å²) < 4.78 is 7.32. The van der Waals surface area contributed by atoms with Gasteiger partial charge >= 0.3 is 5.97 Å². The largest absolute Gasteiger partial charge is 0.462 e. The van der Waals surface area contributed by atoms with Gasteiger partial charge < -0.3 is 15.5 Å². The van der Waals surface area contributed by atoms with Crippen molar-refractivity contribution in [2.75, 3.05) is 18.6 Å². The van der Waals surface area contributed by atoms with Crippen molar-refractivity contribution in [1.82, 2.24) is 14.8 Å². The summed E-state index contributed by atoms with van der Waals surface area (Å²) >= 11 is 4.71. The highest BCUT2D eigenvalue weighted by Gasteiger charge is 2.24. The molecule has 1 aromatic carbocycles. The van der Waals surface area contributed by atoms with Crippen LogP contribution in [0.5, 0.6) is 0 Å². The maximum absolute atomic E-state index is 12.2. The zero-order chi connectivity index (χ0) is 18.1. The van der Waals surface area contributed by atoms with Gasteiger partial charge in [-0.1, -0.05) is 15.9 Å². The highest BCUT2D eigenvalue weighted by molar-refractivity contribution is 9.10. The number of nitrogens with one attached hydrogen (secondary N) is 1. The number of H-pyrrole nitrogens is 1. The molecule has 0 aliphatic carbocycles. The molecule has 0 unspecified atom stereocenters. The predicted molar refractivity (Wildman–Crippen MR) is 102 cm³/mol. The minimum atomic E-state index is -0.536. The zero-order valence-corrected chi connectivity index (χ0v) is 15.9. The van der Waals surface area contributed by atoms with E-state index in [0.717, 1.165) is 9.86 Å². The van der Waals surface area contributed by atoms with E-state index in [2.05, 4.69) is 26.0 Å². The van der Waals surface area contributed by atoms with Crippen molar-refractivity contribution in [3.63, 3.8) is 0 Å². The number of carbonyl (C=O) groups excluding carboxylic acids is 1. The second-order valence-corrected chi connectivity index (χ2v) is 6.82. The van der Waals surface area contributed by atoms with E-state index < -0.39 is 5.97 Å². The van der Waals surface area contributed by atoms with Crippen molar-refractivity contribution in [2.45, 2.75) is 11.9 Å². The van der Waals surface area contributed by atoms with E-state index in [-0.39, 0.29) is 23.5 Å². The van der Waals surface area contributed by atoms with E-state index in [4.69, 9.17) is 10.5 Å². The molecule has 0 saturated carbocycles. The third-order valence-electron chi connectivity index (χ3n) is 3.57. The third kappa shape index (κ3) is 3.16. The van der Waals surface area contributed by atoms with Crippen molar-refractivity contribution < 1.29 is 9.53 Å². The SMILES string of the molecule is CCOC(=O)c1c(SC)nn(-c2cc(=O)[nH]c3ccc(Br)cc23)c1N. The van der Waals surface area contributed by atoms with Gasteiger partial charge in [-0.15, -0.1) is 11.8 Å². The molecule has 0 saturated heterocycles. The van der Waals surface area contributed by atoms with Crippen LogP contribution in [-0.2, 0) is 4.74 Å². The molecule has 3 rings (SSSR count). The van der Waals surface area contributed by atoms with Gasteiger partial charge in [0.05, 0.1) is 17.8 Å². The van der Waals surface area contributed by atoms with Crippen LogP contribution >= 0.6 is 27.7 Å². The second kappa shape index (κ2) is 6.93. The molecule has 0 atom stereocenters. The molecule has 0 aliphatic heterocycles. The number of fused-ring (bicyclic) bond motifs is 1. The van der Waals surface area contributed by atoms with Crippen LogP contribution in [0.1, 0.15) is 17.3 Å². The summed E-state index contributed by atoms with van der Waals surface area (Å²) in [5.41, 5.74) is 7.23. The quantitative estimate of drug-likeness (QED) is 0.494. The molecule has 0 bridgehead atoms. The number of hydrogen-bond acceptors (Lipinski definition) is 6. The summed E-state index contributed by atoms with van der Waals surface area (Å²) in [6.07, 6.45) is 1.79. The molecule has 130 valence electrons. The Balaban J connectivity index is 2.31. The van der Waals surface area contributed by atoms with Crippen LogP contribution in [0, 0.1) is 0 Å². The number of thioether (sulfide) groups is 1. The van der Waals surface area contributed by atoms with Crippen LogP contribution < -0.4 is 11.3 Å². The van der Waals surface area contributed by atoms with Crippen LogP contribution in [0.15, 0.2) is 38.6 Å². The number of esters is 1. The number of aromatic nitrogens is 3. The van der Waals surface area contributed by atoms with Crippen LogP contribution in [0.2, 0.25) is 0 Å². The summed E-state index contributed by atoms with van der Waals surface area (Å²) in [6.45, 7) is 1.96. The van der Waals surface area contributed by atoms with Gasteiger partial charge in [-0.2, -0.15) is 5.10 Å². The molecule has 3 N–H and O–H groups in total. The van der Waals surface area contributed by atoms with E-state index in [9.17, 15) is 9.59 Å². The average Bonchev–Trinajstić information content (AvgIpc) is 2.91. The molecule has 2 heterocycles. The number of nitrogen functional groups attached to an aromatic ring is 1. The van der Waals surface area contributed by atoms with Crippen molar-refractivity contribution in [3.05, 3.63) is 44.7 Å². The van der Waals surface area contributed by atoms with Crippen LogP contribution in [0.3, 0.4) is 0 Å². The van der Waals surface area contributed by atoms with Crippen molar-refractivity contribution >= 4 is 50.4 Å². The molecular formula is C16H15BrN4O3S. The Morgan fingerprint density at radius 2 is 2.20 bits per heavy atom. The summed E-state index contributed by atoms with van der Waals surface area (Å²) in [7, 11) is 0. The van der Waals surface area contributed by atoms with Gasteiger partial charge in [0, 0.05) is 15.9 Å². The average molecular weight is 423 g/mol. The molecule has 0 fully saturated rings. The van der Waals surface area contributed by atoms with Crippen LogP contribution in [-0.4, -0.2) is 33.6 Å². The first-order valence-corrected chi connectivity index (χ1v) is 9.40. The zero-order valence-electron chi connectivity index (χ0n) is 13.5. The predicted octanol–water partition coefficient (Wildman–Crippen LogP) is 2.96. The number of nitrogens with two attached hydrogens (primary N) is 1. The van der Waals surface area contributed by atoms with E-state index in [0.29, 0.717) is 16.2 Å². The molecule has 0 amide bonds. The first-order valence-electron chi connectivity index (χ1n) is 7.38. The number of rotatable bonds is 4. The Bertz CT molecular complexity index is 1030. The van der Waals surface area contributed by atoms with E-state index >= 15 is 0 Å². The fraction of sp³-hybridized carbons (Fsp3) is 0.188. The first-order chi connectivity index (χ1) is 12.0. The van der Waals surface area contributed by atoms with Crippen molar-refractivity contribution in [1.29, 1.82) is 0 Å². The molecular weight excluding hydrogens is 408 g/mol. The fourth-order valence-corrected chi connectivity index (χ4v) is 3.43. The summed E-state index contributed by atoms with van der Waals surface area (Å²) in [6, 6.07) is 6.86. The Morgan fingerprint density at radius 3 is 2.88 bits per heavy atom. The lowest BCUT2D eigenvalue weighted by atomic mass is 10.2. The van der Waals surface area contributed by atoms with Crippen LogP contribution in [0.25, 0.3) is 16.6 Å². The molecule has 2 aromatic heterocycles. The number of carbonyl (C=O) groups is 1. The number of aromatic amines is 1. The minimum absolute atomic E-state index is 0.134. The number of nitrogens with zero attached hydrogens (tertiary/aromatic N) is 2. The topological polar surface area (TPSA) is 103 Å². The molecule has 7 nitrogen and oxygen atoms in total. The van der Waals surface area contributed by atoms with Crippen molar-refractivity contribution in [3.8, 4) is 5.69 Å². The van der Waals surface area contributed by atoms with Gasteiger partial charge in [0.1, 0.15) is 16.4 Å². The number of anilines is 1. The second-order valence-electron chi connectivity index (χ2n) is 5.11. The van der Waals surface area contributed by atoms with E-state index in [1.807, 2.05) is 12.1 Å². The number of hydrogen-bond donors (Lipinski definition) is 2. The Morgan fingerprint density at radius 1 is 1.44 bits per heavy atom. The van der Waals surface area contributed by atoms with Gasteiger partial charge in [-0.25, -0.2) is 9.48 Å². The molecule has 9 heteroatoms. The fourth-order valence-electron chi connectivity index (χ4n) is 2.52. The highest BCUT2D eigenvalue weighted by atomic mass is 79.9.